The Morgan fingerprint density at radius 1 is 0.970 bits per heavy atom. The van der Waals surface area contributed by atoms with Gasteiger partial charge >= 0.3 is 0 Å². The van der Waals surface area contributed by atoms with E-state index in [0.29, 0.717) is 12.4 Å². The summed E-state index contributed by atoms with van der Waals surface area (Å²) in [4.78, 5) is 28.0. The number of nitrogens with one attached hydrogen (secondary N) is 1. The number of aromatic nitrogens is 3. The molecular weight excluding hydrogens is 412 g/mol. The molecule has 0 atom stereocenters. The lowest BCUT2D eigenvalue weighted by atomic mass is 9.96. The lowest BCUT2D eigenvalue weighted by Gasteiger charge is -2.32. The van der Waals surface area contributed by atoms with Crippen molar-refractivity contribution < 1.29 is 4.79 Å². The largest absolute Gasteiger partial charge is 0.369 e. The summed E-state index contributed by atoms with van der Waals surface area (Å²) in [5, 5.41) is 4.51. The summed E-state index contributed by atoms with van der Waals surface area (Å²) in [6.07, 6.45) is 3.33. The molecular formula is C26H26N6O. The quantitative estimate of drug-likeness (QED) is 0.472. The Labute approximate surface area is 192 Å². The van der Waals surface area contributed by atoms with E-state index in [1.165, 1.54) is 0 Å². The van der Waals surface area contributed by atoms with Crippen molar-refractivity contribution in [2.24, 2.45) is 11.7 Å². The third-order valence-electron chi connectivity index (χ3n) is 6.15. The molecule has 1 aliphatic heterocycles. The van der Waals surface area contributed by atoms with E-state index in [9.17, 15) is 4.79 Å². The summed E-state index contributed by atoms with van der Waals surface area (Å²) in [5.74, 6) is 2.17. The number of hydrogen-bond donors (Lipinski definition) is 2. The van der Waals surface area contributed by atoms with E-state index < -0.39 is 0 Å². The minimum Gasteiger partial charge on any atom is -0.369 e. The Bertz CT molecular complexity index is 1270. The van der Waals surface area contributed by atoms with Crippen LogP contribution < -0.4 is 16.0 Å². The number of hydrogen-bond acceptors (Lipinski definition) is 6. The molecule has 0 bridgehead atoms. The molecule has 4 aromatic rings. The summed E-state index contributed by atoms with van der Waals surface area (Å²) in [6.45, 7) is 2.12. The second kappa shape index (κ2) is 9.24. The Kier molecular flexibility index (Phi) is 5.85. The first kappa shape index (κ1) is 20.9. The fourth-order valence-corrected chi connectivity index (χ4v) is 4.34. The van der Waals surface area contributed by atoms with Crippen molar-refractivity contribution in [1.82, 2.24) is 15.0 Å². The van der Waals surface area contributed by atoms with Crippen molar-refractivity contribution in [3.05, 3.63) is 78.5 Å². The number of primary amides is 1. The molecule has 166 valence electrons. The van der Waals surface area contributed by atoms with Gasteiger partial charge in [-0.3, -0.25) is 4.79 Å². The Morgan fingerprint density at radius 3 is 2.52 bits per heavy atom. The van der Waals surface area contributed by atoms with Gasteiger partial charge in [0.15, 0.2) is 5.82 Å². The van der Waals surface area contributed by atoms with Crippen LogP contribution in [0.5, 0.6) is 0 Å². The van der Waals surface area contributed by atoms with E-state index in [0.717, 1.165) is 59.6 Å². The van der Waals surface area contributed by atoms with Crippen LogP contribution in [0.2, 0.25) is 0 Å². The zero-order chi connectivity index (χ0) is 22.6. The van der Waals surface area contributed by atoms with Gasteiger partial charge in [0.05, 0.1) is 5.52 Å². The first-order chi connectivity index (χ1) is 16.2. The molecule has 3 heterocycles. The molecule has 2 aromatic heterocycles. The predicted octanol–water partition coefficient (Wildman–Crippen LogP) is 4.01. The molecule has 7 nitrogen and oxygen atoms in total. The molecule has 0 radical (unpaired) electrons. The first-order valence-electron chi connectivity index (χ1n) is 11.2. The Hall–Kier alpha value is -4.00. The molecule has 3 N–H and O–H groups in total. The van der Waals surface area contributed by atoms with E-state index in [2.05, 4.69) is 21.3 Å². The number of para-hydroxylation sites is 1. The van der Waals surface area contributed by atoms with Crippen LogP contribution in [0.4, 0.5) is 11.6 Å². The summed E-state index contributed by atoms with van der Waals surface area (Å²) in [7, 11) is 0. The van der Waals surface area contributed by atoms with E-state index in [4.69, 9.17) is 15.7 Å². The van der Waals surface area contributed by atoms with E-state index >= 15 is 0 Å². The summed E-state index contributed by atoms with van der Waals surface area (Å²) < 4.78 is 0. The van der Waals surface area contributed by atoms with Gasteiger partial charge in [0, 0.05) is 48.3 Å². The van der Waals surface area contributed by atoms with Crippen molar-refractivity contribution in [3.8, 4) is 11.4 Å². The maximum Gasteiger partial charge on any atom is 0.220 e. The molecule has 1 fully saturated rings. The molecule has 1 amide bonds. The zero-order valence-corrected chi connectivity index (χ0v) is 18.3. The molecule has 0 unspecified atom stereocenters. The van der Waals surface area contributed by atoms with Gasteiger partial charge in [0.25, 0.3) is 0 Å². The van der Waals surface area contributed by atoms with Gasteiger partial charge in [-0.25, -0.2) is 15.0 Å². The summed E-state index contributed by atoms with van der Waals surface area (Å²) >= 11 is 0. The number of carbonyl (C=O) groups excluding carboxylic acids is 1. The summed E-state index contributed by atoms with van der Waals surface area (Å²) in [6, 6.07) is 22.1. The standard InChI is InChI=1S/C26H26N6O/c27-23(33)18-12-15-32(16-13-18)26-20(9-6-14-28-26)17-29-25-21-10-4-5-11-22(21)30-24(31-25)19-7-2-1-3-8-19/h1-11,14,18H,12-13,15-17H2,(H2,27,33)(H,29,30,31). The number of rotatable bonds is 6. The van der Waals surface area contributed by atoms with Gasteiger partial charge in [-0.1, -0.05) is 48.5 Å². The predicted molar refractivity (Wildman–Crippen MR) is 131 cm³/mol. The van der Waals surface area contributed by atoms with Crippen LogP contribution in [-0.4, -0.2) is 33.9 Å². The zero-order valence-electron chi connectivity index (χ0n) is 18.3. The maximum atomic E-state index is 11.5. The number of nitrogens with two attached hydrogens (primary N) is 1. The molecule has 7 heteroatoms. The number of anilines is 2. The second-order valence-corrected chi connectivity index (χ2v) is 8.28. The number of benzene rings is 2. The third kappa shape index (κ3) is 4.48. The van der Waals surface area contributed by atoms with Crippen molar-refractivity contribution >= 4 is 28.4 Å². The number of pyridine rings is 1. The van der Waals surface area contributed by atoms with Crippen molar-refractivity contribution in [1.29, 1.82) is 0 Å². The van der Waals surface area contributed by atoms with Crippen molar-refractivity contribution in [2.45, 2.75) is 19.4 Å². The SMILES string of the molecule is NC(=O)C1CCN(c2ncccc2CNc2nc(-c3ccccc3)nc3ccccc23)CC1. The molecule has 1 saturated heterocycles. The highest BCUT2D eigenvalue weighted by Crippen LogP contribution is 2.28. The van der Waals surface area contributed by atoms with E-state index in [1.54, 1.807) is 0 Å². The van der Waals surface area contributed by atoms with Crippen LogP contribution in [-0.2, 0) is 11.3 Å². The Balaban J connectivity index is 1.41. The van der Waals surface area contributed by atoms with Gasteiger partial charge in [-0.2, -0.15) is 0 Å². The summed E-state index contributed by atoms with van der Waals surface area (Å²) in [5.41, 5.74) is 8.45. The third-order valence-corrected chi connectivity index (χ3v) is 6.15. The first-order valence-corrected chi connectivity index (χ1v) is 11.2. The number of piperidine rings is 1. The highest BCUT2D eigenvalue weighted by atomic mass is 16.1. The monoisotopic (exact) mass is 438 g/mol. The van der Waals surface area contributed by atoms with Gasteiger partial charge in [-0.15, -0.1) is 0 Å². The van der Waals surface area contributed by atoms with Crippen LogP contribution >= 0.6 is 0 Å². The molecule has 0 aliphatic carbocycles. The number of fused-ring (bicyclic) bond motifs is 1. The highest BCUT2D eigenvalue weighted by Gasteiger charge is 2.25. The lowest BCUT2D eigenvalue weighted by Crippen LogP contribution is -2.39. The molecule has 0 saturated carbocycles. The highest BCUT2D eigenvalue weighted by molar-refractivity contribution is 5.90. The number of nitrogens with zero attached hydrogens (tertiary/aromatic N) is 4. The van der Waals surface area contributed by atoms with Gasteiger partial charge in [0.1, 0.15) is 11.6 Å². The van der Waals surface area contributed by atoms with Gasteiger partial charge in [0.2, 0.25) is 5.91 Å². The average Bonchev–Trinajstić information content (AvgIpc) is 2.88. The normalized spacial score (nSPS) is 14.4. The van der Waals surface area contributed by atoms with Crippen LogP contribution in [0, 0.1) is 5.92 Å². The van der Waals surface area contributed by atoms with Crippen LogP contribution in [0.3, 0.4) is 0 Å². The van der Waals surface area contributed by atoms with Crippen molar-refractivity contribution in [2.75, 3.05) is 23.3 Å². The number of carbonyl (C=O) groups is 1. The van der Waals surface area contributed by atoms with Crippen LogP contribution in [0.15, 0.2) is 72.9 Å². The maximum absolute atomic E-state index is 11.5. The fraction of sp³-hybridized carbons (Fsp3) is 0.231. The fourth-order valence-electron chi connectivity index (χ4n) is 4.34. The number of amides is 1. The van der Waals surface area contributed by atoms with E-state index in [1.807, 2.05) is 66.9 Å². The molecule has 5 rings (SSSR count). The van der Waals surface area contributed by atoms with Gasteiger partial charge in [-0.05, 0) is 31.0 Å². The lowest BCUT2D eigenvalue weighted by molar-refractivity contribution is -0.122. The minimum absolute atomic E-state index is 0.0460. The molecule has 1 aliphatic rings. The molecule has 2 aromatic carbocycles. The topological polar surface area (TPSA) is 97.0 Å². The second-order valence-electron chi connectivity index (χ2n) is 8.28. The Morgan fingerprint density at radius 2 is 1.73 bits per heavy atom. The smallest absolute Gasteiger partial charge is 0.220 e. The van der Waals surface area contributed by atoms with Crippen LogP contribution in [0.25, 0.3) is 22.3 Å². The molecule has 33 heavy (non-hydrogen) atoms. The van der Waals surface area contributed by atoms with E-state index in [-0.39, 0.29) is 11.8 Å². The minimum atomic E-state index is -0.206. The average molecular weight is 439 g/mol. The molecule has 0 spiro atoms. The van der Waals surface area contributed by atoms with Crippen molar-refractivity contribution in [3.63, 3.8) is 0 Å². The van der Waals surface area contributed by atoms with Gasteiger partial charge < -0.3 is 16.0 Å². The van der Waals surface area contributed by atoms with Crippen LogP contribution in [0.1, 0.15) is 18.4 Å².